The Labute approximate surface area is 140 Å². The first-order chi connectivity index (χ1) is 11.0. The first-order valence-corrected chi connectivity index (χ1v) is 9.10. The lowest BCUT2D eigenvalue weighted by molar-refractivity contribution is 0.383. The number of piperazine rings is 1. The van der Waals surface area contributed by atoms with E-state index in [2.05, 4.69) is 10.2 Å². The number of nitrogens with zero attached hydrogens (tertiary/aromatic N) is 4. The van der Waals surface area contributed by atoms with Gasteiger partial charge in [-0.1, -0.05) is 17.7 Å². The van der Waals surface area contributed by atoms with Crippen molar-refractivity contribution in [2.24, 2.45) is 0 Å². The molecule has 0 N–H and O–H groups in total. The summed E-state index contributed by atoms with van der Waals surface area (Å²) in [5.41, 5.74) is 0.588. The normalized spacial score (nSPS) is 16.5. The zero-order chi connectivity index (χ0) is 16.4. The fourth-order valence-corrected chi connectivity index (χ4v) is 4.53. The van der Waals surface area contributed by atoms with Crippen molar-refractivity contribution < 1.29 is 8.42 Å². The molecule has 1 aliphatic rings. The summed E-state index contributed by atoms with van der Waals surface area (Å²) in [6.45, 7) is 3.70. The number of sulfonamides is 1. The van der Waals surface area contributed by atoms with Gasteiger partial charge in [-0.3, -0.25) is 0 Å². The van der Waals surface area contributed by atoms with E-state index < -0.39 is 10.0 Å². The molecule has 6 nitrogen and oxygen atoms in total. The van der Waals surface area contributed by atoms with Gasteiger partial charge in [-0.15, -0.1) is 5.10 Å². The molecule has 0 atom stereocenters. The Kier molecular flexibility index (Phi) is 4.52. The summed E-state index contributed by atoms with van der Waals surface area (Å²) in [6.07, 6.45) is 1.62. The smallest absolute Gasteiger partial charge is 0.243 e. The maximum Gasteiger partial charge on any atom is 0.243 e. The second kappa shape index (κ2) is 6.43. The second-order valence-corrected chi connectivity index (χ2v) is 7.65. The van der Waals surface area contributed by atoms with Crippen molar-refractivity contribution in [3.63, 3.8) is 0 Å². The number of aromatic nitrogens is 2. The summed E-state index contributed by atoms with van der Waals surface area (Å²) in [6, 6.07) is 8.66. The van der Waals surface area contributed by atoms with E-state index in [0.717, 1.165) is 5.82 Å². The van der Waals surface area contributed by atoms with Gasteiger partial charge in [0.2, 0.25) is 10.0 Å². The van der Waals surface area contributed by atoms with Gasteiger partial charge in [-0.05, 0) is 36.8 Å². The molecule has 1 aliphatic heterocycles. The van der Waals surface area contributed by atoms with Crippen LogP contribution in [-0.4, -0.2) is 49.1 Å². The summed E-state index contributed by atoms with van der Waals surface area (Å²) in [7, 11) is -3.53. The molecule has 0 saturated carbocycles. The lowest BCUT2D eigenvalue weighted by atomic mass is 10.2. The first-order valence-electron chi connectivity index (χ1n) is 7.28. The molecular formula is C15H17ClN4O2S. The summed E-state index contributed by atoms with van der Waals surface area (Å²) in [5, 5.41) is 8.38. The van der Waals surface area contributed by atoms with Gasteiger partial charge in [0.25, 0.3) is 0 Å². The van der Waals surface area contributed by atoms with Gasteiger partial charge in [0.05, 0.1) is 4.90 Å². The molecule has 2 aromatic rings. The van der Waals surface area contributed by atoms with Crippen LogP contribution in [0.5, 0.6) is 0 Å². The Morgan fingerprint density at radius 1 is 1.09 bits per heavy atom. The van der Waals surface area contributed by atoms with Crippen LogP contribution in [0.1, 0.15) is 5.56 Å². The van der Waals surface area contributed by atoms with Crippen LogP contribution in [0.4, 0.5) is 5.82 Å². The third kappa shape index (κ3) is 3.17. The van der Waals surface area contributed by atoms with Crippen LogP contribution in [0, 0.1) is 6.92 Å². The van der Waals surface area contributed by atoms with Crippen molar-refractivity contribution in [3.05, 3.63) is 47.1 Å². The lowest BCUT2D eigenvalue weighted by Crippen LogP contribution is -2.49. The van der Waals surface area contributed by atoms with E-state index in [9.17, 15) is 8.42 Å². The van der Waals surface area contributed by atoms with Crippen LogP contribution in [0.15, 0.2) is 41.4 Å². The summed E-state index contributed by atoms with van der Waals surface area (Å²) in [5.74, 6) is 0.767. The Balaban J connectivity index is 1.78. The van der Waals surface area contributed by atoms with Crippen LogP contribution in [0.25, 0.3) is 0 Å². The SMILES string of the molecule is Cc1c(Cl)cccc1S(=O)(=O)N1CCN(c2cccnn2)CC1. The fourth-order valence-electron chi connectivity index (χ4n) is 2.63. The third-order valence-electron chi connectivity index (χ3n) is 3.96. The third-order valence-corrected chi connectivity index (χ3v) is 6.41. The van der Waals surface area contributed by atoms with E-state index >= 15 is 0 Å². The summed E-state index contributed by atoms with van der Waals surface area (Å²) in [4.78, 5) is 2.31. The van der Waals surface area contributed by atoms with E-state index in [-0.39, 0.29) is 4.90 Å². The van der Waals surface area contributed by atoms with Crippen LogP contribution < -0.4 is 4.90 Å². The maximum absolute atomic E-state index is 12.8. The quantitative estimate of drug-likeness (QED) is 0.844. The minimum atomic E-state index is -3.53. The standard InChI is InChI=1S/C15H17ClN4O2S/c1-12-13(16)4-2-5-14(12)23(21,22)20-10-8-19(9-11-20)15-6-3-7-17-18-15/h2-7H,8-11H2,1H3. The summed E-state index contributed by atoms with van der Waals surface area (Å²) >= 11 is 6.06. The van der Waals surface area contributed by atoms with Crippen LogP contribution in [0.2, 0.25) is 5.02 Å². The van der Waals surface area contributed by atoms with Gasteiger partial charge in [-0.25, -0.2) is 8.42 Å². The van der Waals surface area contributed by atoms with Gasteiger partial charge in [-0.2, -0.15) is 9.40 Å². The Bertz CT molecular complexity index is 790. The highest BCUT2D eigenvalue weighted by atomic mass is 35.5. The number of halogens is 1. The van der Waals surface area contributed by atoms with Gasteiger partial charge >= 0.3 is 0 Å². The molecule has 1 fully saturated rings. The average Bonchev–Trinajstić information content (AvgIpc) is 2.58. The Morgan fingerprint density at radius 3 is 2.48 bits per heavy atom. The van der Waals surface area contributed by atoms with Gasteiger partial charge in [0.15, 0.2) is 5.82 Å². The van der Waals surface area contributed by atoms with Crippen molar-refractivity contribution in [1.82, 2.24) is 14.5 Å². The van der Waals surface area contributed by atoms with Crippen molar-refractivity contribution in [3.8, 4) is 0 Å². The van der Waals surface area contributed by atoms with Crippen LogP contribution in [0.3, 0.4) is 0 Å². The molecule has 0 unspecified atom stereocenters. The number of hydrogen-bond donors (Lipinski definition) is 0. The molecule has 1 aromatic heterocycles. The fraction of sp³-hybridized carbons (Fsp3) is 0.333. The van der Waals surface area contributed by atoms with Crippen molar-refractivity contribution in [1.29, 1.82) is 0 Å². The molecule has 2 heterocycles. The zero-order valence-electron chi connectivity index (χ0n) is 12.7. The Morgan fingerprint density at radius 2 is 1.83 bits per heavy atom. The highest BCUT2D eigenvalue weighted by Crippen LogP contribution is 2.26. The zero-order valence-corrected chi connectivity index (χ0v) is 14.3. The summed E-state index contributed by atoms with van der Waals surface area (Å²) < 4.78 is 27.1. The minimum absolute atomic E-state index is 0.276. The topological polar surface area (TPSA) is 66.4 Å². The Hall–Kier alpha value is -1.70. The highest BCUT2D eigenvalue weighted by molar-refractivity contribution is 7.89. The molecule has 23 heavy (non-hydrogen) atoms. The maximum atomic E-state index is 12.8. The molecule has 0 spiro atoms. The number of hydrogen-bond acceptors (Lipinski definition) is 5. The van der Waals surface area contributed by atoms with E-state index in [4.69, 9.17) is 11.6 Å². The van der Waals surface area contributed by atoms with E-state index in [1.165, 1.54) is 4.31 Å². The lowest BCUT2D eigenvalue weighted by Gasteiger charge is -2.34. The molecule has 0 aliphatic carbocycles. The number of anilines is 1. The van der Waals surface area contributed by atoms with Crippen molar-refractivity contribution >= 4 is 27.4 Å². The van der Waals surface area contributed by atoms with Crippen LogP contribution >= 0.6 is 11.6 Å². The molecule has 3 rings (SSSR count). The van der Waals surface area contributed by atoms with Crippen LogP contribution in [-0.2, 0) is 10.0 Å². The average molecular weight is 353 g/mol. The second-order valence-electron chi connectivity index (χ2n) is 5.34. The molecule has 8 heteroatoms. The van der Waals surface area contributed by atoms with E-state index in [1.54, 1.807) is 31.3 Å². The monoisotopic (exact) mass is 352 g/mol. The van der Waals surface area contributed by atoms with Crippen molar-refractivity contribution in [2.45, 2.75) is 11.8 Å². The van der Waals surface area contributed by atoms with E-state index in [1.807, 2.05) is 17.0 Å². The largest absolute Gasteiger partial charge is 0.352 e. The van der Waals surface area contributed by atoms with Crippen molar-refractivity contribution in [2.75, 3.05) is 31.1 Å². The number of rotatable bonds is 3. The van der Waals surface area contributed by atoms with E-state index in [0.29, 0.717) is 36.8 Å². The predicted octanol–water partition coefficient (Wildman–Crippen LogP) is 1.95. The molecule has 122 valence electrons. The van der Waals surface area contributed by atoms with Gasteiger partial charge in [0, 0.05) is 37.4 Å². The molecule has 0 amide bonds. The molecule has 0 bridgehead atoms. The first kappa shape index (κ1) is 16.2. The van der Waals surface area contributed by atoms with Gasteiger partial charge in [0.1, 0.15) is 0 Å². The highest BCUT2D eigenvalue weighted by Gasteiger charge is 2.30. The molecular weight excluding hydrogens is 336 g/mol. The molecule has 1 saturated heterocycles. The molecule has 1 aromatic carbocycles. The predicted molar refractivity (Wildman–Crippen MR) is 89.2 cm³/mol. The molecule has 0 radical (unpaired) electrons. The number of benzene rings is 1. The van der Waals surface area contributed by atoms with Gasteiger partial charge < -0.3 is 4.90 Å². The minimum Gasteiger partial charge on any atom is -0.352 e.